The lowest BCUT2D eigenvalue weighted by atomic mass is 9.88. The van der Waals surface area contributed by atoms with Gasteiger partial charge in [0, 0.05) is 33.6 Å². The normalized spacial score (nSPS) is 14.2. The van der Waals surface area contributed by atoms with Crippen molar-refractivity contribution in [3.63, 3.8) is 0 Å². The topological polar surface area (TPSA) is 77.5 Å². The number of ketones is 1. The van der Waals surface area contributed by atoms with E-state index in [1.807, 2.05) is 39.1 Å². The molecule has 0 fully saturated rings. The summed E-state index contributed by atoms with van der Waals surface area (Å²) >= 11 is -0.523. The SMILES string of the molecule is CC(C)(O)CNc1cccc(C2=CN=c3[nH]cc(C(=O)C(C)(C)C)c3=I2)c1. The van der Waals surface area contributed by atoms with Crippen molar-refractivity contribution < 1.29 is 9.90 Å². The molecule has 0 spiro atoms. The van der Waals surface area contributed by atoms with Crippen LogP contribution in [-0.2, 0) is 0 Å². The van der Waals surface area contributed by atoms with Crippen LogP contribution in [0.4, 0.5) is 5.69 Å². The van der Waals surface area contributed by atoms with Crippen molar-refractivity contribution in [2.45, 2.75) is 40.2 Å². The summed E-state index contributed by atoms with van der Waals surface area (Å²) in [7, 11) is 0. The third-order valence-electron chi connectivity index (χ3n) is 4.09. The second kappa shape index (κ2) is 7.31. The molecule has 1 aromatic carbocycles. The van der Waals surface area contributed by atoms with E-state index in [9.17, 15) is 9.90 Å². The zero-order chi connectivity index (χ0) is 19.8. The Morgan fingerprint density at radius 2 is 2.00 bits per heavy atom. The first-order valence-corrected chi connectivity index (χ1v) is 11.1. The van der Waals surface area contributed by atoms with Gasteiger partial charge in [-0.15, -0.1) is 0 Å². The maximum Gasteiger partial charge on any atom is 0.170 e. The van der Waals surface area contributed by atoms with Crippen LogP contribution >= 0.6 is 20.7 Å². The Kier molecular flexibility index (Phi) is 5.40. The quantitative estimate of drug-likeness (QED) is 0.443. The number of rotatable bonds is 5. The molecule has 0 bridgehead atoms. The van der Waals surface area contributed by atoms with Crippen LogP contribution in [0, 0.1) is 8.57 Å². The fraction of sp³-hybridized carbons (Fsp3) is 0.381. The van der Waals surface area contributed by atoms with Crippen molar-refractivity contribution in [1.29, 1.82) is 0 Å². The molecule has 3 rings (SSSR count). The van der Waals surface area contributed by atoms with E-state index < -0.39 is 31.7 Å². The summed E-state index contributed by atoms with van der Waals surface area (Å²) in [5, 5.41) is 13.2. The van der Waals surface area contributed by atoms with Crippen molar-refractivity contribution in [2.75, 3.05) is 11.9 Å². The van der Waals surface area contributed by atoms with Crippen LogP contribution in [0.2, 0.25) is 0 Å². The van der Waals surface area contributed by atoms with Gasteiger partial charge in [0.1, 0.15) is 5.49 Å². The highest BCUT2D eigenvalue weighted by atomic mass is 127. The monoisotopic (exact) mass is 479 g/mol. The Morgan fingerprint density at radius 3 is 2.67 bits per heavy atom. The van der Waals surface area contributed by atoms with Crippen LogP contribution in [0.1, 0.15) is 50.5 Å². The van der Waals surface area contributed by atoms with Gasteiger partial charge in [-0.05, 0) is 31.5 Å². The molecule has 0 aliphatic carbocycles. The van der Waals surface area contributed by atoms with Crippen LogP contribution in [0.25, 0.3) is 3.58 Å². The zero-order valence-corrected chi connectivity index (χ0v) is 18.5. The minimum Gasteiger partial charge on any atom is -0.389 e. The summed E-state index contributed by atoms with van der Waals surface area (Å²) in [6, 6.07) is 8.14. The lowest BCUT2D eigenvalue weighted by Crippen LogP contribution is -2.29. The number of benzene rings is 1. The average molecular weight is 479 g/mol. The Morgan fingerprint density at radius 1 is 1.26 bits per heavy atom. The van der Waals surface area contributed by atoms with Crippen molar-refractivity contribution in [2.24, 2.45) is 10.4 Å². The molecule has 3 N–H and O–H groups in total. The van der Waals surface area contributed by atoms with E-state index in [0.717, 1.165) is 25.5 Å². The predicted octanol–water partition coefficient (Wildman–Crippen LogP) is 4.28. The number of aromatic nitrogens is 1. The van der Waals surface area contributed by atoms with Gasteiger partial charge in [-0.1, -0.05) is 53.6 Å². The Bertz CT molecular complexity index is 1020. The predicted molar refractivity (Wildman–Crippen MR) is 118 cm³/mol. The highest BCUT2D eigenvalue weighted by Crippen LogP contribution is 2.34. The first-order valence-electron chi connectivity index (χ1n) is 8.93. The largest absolute Gasteiger partial charge is 0.389 e. The minimum absolute atomic E-state index is 0.150. The Hall–Kier alpha value is -1.80. The smallest absolute Gasteiger partial charge is 0.170 e. The summed E-state index contributed by atoms with van der Waals surface area (Å²) in [6.07, 6.45) is 3.71. The first kappa shape index (κ1) is 19.9. The molecule has 1 aliphatic heterocycles. The molecule has 0 radical (unpaired) electrons. The number of H-pyrrole nitrogens is 1. The number of hydrogen-bond acceptors (Lipinski definition) is 4. The van der Waals surface area contributed by atoms with E-state index >= 15 is 0 Å². The summed E-state index contributed by atoms with van der Waals surface area (Å²) in [4.78, 5) is 20.5. The van der Waals surface area contributed by atoms with Crippen molar-refractivity contribution in [3.05, 3.63) is 56.4 Å². The molecular weight excluding hydrogens is 453 g/mol. The number of nitrogens with one attached hydrogen (secondary N) is 2. The third-order valence-corrected chi connectivity index (χ3v) is 7.20. The van der Waals surface area contributed by atoms with Gasteiger partial charge in [0.15, 0.2) is 5.78 Å². The number of nitrogens with zero attached hydrogens (tertiary/aromatic N) is 1. The molecule has 6 heteroatoms. The third kappa shape index (κ3) is 4.73. The van der Waals surface area contributed by atoms with Crippen molar-refractivity contribution in [3.8, 4) is 0 Å². The van der Waals surface area contributed by atoms with Crippen molar-refractivity contribution in [1.82, 2.24) is 4.98 Å². The van der Waals surface area contributed by atoms with Gasteiger partial charge in [0.05, 0.1) is 14.3 Å². The van der Waals surface area contributed by atoms with Crippen LogP contribution in [0.3, 0.4) is 0 Å². The summed E-state index contributed by atoms with van der Waals surface area (Å²) in [6.45, 7) is 9.87. The van der Waals surface area contributed by atoms with Crippen LogP contribution in [0.15, 0.2) is 41.7 Å². The lowest BCUT2D eigenvalue weighted by molar-refractivity contribution is 0.0857. The van der Waals surface area contributed by atoms with E-state index in [4.69, 9.17) is 0 Å². The number of hydrogen-bond donors (Lipinski definition) is 3. The van der Waals surface area contributed by atoms with E-state index in [0.29, 0.717) is 6.54 Å². The number of Topliss-reactive ketones (excluding diaryl/α,β-unsaturated/α-hetero) is 1. The standard InChI is InChI=1S/C21H26IN3O2/c1-20(2,3)18(26)15-10-23-19-17(15)22-16(11-24-19)13-7-6-8-14(9-13)25-12-21(4,5)27/h6-11,25,27H,12H2,1-5H3,(H,23,24). The van der Waals surface area contributed by atoms with Gasteiger partial charge in [-0.3, -0.25) is 4.79 Å². The molecule has 2 heterocycles. The summed E-state index contributed by atoms with van der Waals surface area (Å²) < 4.78 is 2.25. The average Bonchev–Trinajstić information content (AvgIpc) is 3.01. The van der Waals surface area contributed by atoms with Gasteiger partial charge in [0.25, 0.3) is 0 Å². The molecule has 1 aliphatic rings. The van der Waals surface area contributed by atoms with E-state index in [1.54, 1.807) is 20.0 Å². The van der Waals surface area contributed by atoms with Crippen LogP contribution < -0.4 is 10.8 Å². The molecule has 1 aromatic heterocycles. The maximum absolute atomic E-state index is 12.8. The number of aromatic amines is 1. The molecule has 27 heavy (non-hydrogen) atoms. The molecule has 0 amide bonds. The number of anilines is 1. The molecule has 2 aromatic rings. The van der Waals surface area contributed by atoms with Gasteiger partial charge < -0.3 is 15.4 Å². The van der Waals surface area contributed by atoms with E-state index in [1.165, 1.54) is 3.58 Å². The number of carbonyl (C=O) groups is 1. The molecule has 5 nitrogen and oxygen atoms in total. The Balaban J connectivity index is 1.94. The second-order valence-corrected chi connectivity index (χ2v) is 11.2. The fourth-order valence-electron chi connectivity index (χ4n) is 2.63. The molecule has 0 unspecified atom stereocenters. The lowest BCUT2D eigenvalue weighted by Gasteiger charge is -2.19. The first-order chi connectivity index (χ1) is 12.5. The van der Waals surface area contributed by atoms with Crippen LogP contribution in [0.5, 0.6) is 0 Å². The van der Waals surface area contributed by atoms with Gasteiger partial charge in [-0.25, -0.2) is 4.99 Å². The summed E-state index contributed by atoms with van der Waals surface area (Å²) in [5.41, 5.74) is 2.47. The van der Waals surface area contributed by atoms with E-state index in [2.05, 4.69) is 27.4 Å². The Labute approximate surface area is 169 Å². The molecule has 0 atom stereocenters. The van der Waals surface area contributed by atoms with Crippen LogP contribution in [-0.4, -0.2) is 28.0 Å². The molecule has 0 saturated carbocycles. The van der Waals surface area contributed by atoms with Gasteiger partial charge in [0.2, 0.25) is 0 Å². The highest BCUT2D eigenvalue weighted by molar-refractivity contribution is 14.2. The van der Waals surface area contributed by atoms with Crippen molar-refractivity contribution >= 4 is 35.8 Å². The number of halogens is 1. The second-order valence-electron chi connectivity index (χ2n) is 8.39. The zero-order valence-electron chi connectivity index (χ0n) is 16.4. The number of aliphatic hydroxyl groups is 1. The maximum atomic E-state index is 12.8. The molecule has 0 saturated heterocycles. The minimum atomic E-state index is -0.773. The van der Waals surface area contributed by atoms with Gasteiger partial charge in [-0.2, -0.15) is 0 Å². The summed E-state index contributed by atoms with van der Waals surface area (Å²) in [5.74, 6) is 0.150. The van der Waals surface area contributed by atoms with E-state index in [-0.39, 0.29) is 5.78 Å². The number of fused-ring (bicyclic) bond motifs is 1. The number of carbonyl (C=O) groups excluding carboxylic acids is 1. The van der Waals surface area contributed by atoms with Gasteiger partial charge >= 0.3 is 0 Å². The highest BCUT2D eigenvalue weighted by Gasteiger charge is 2.25. The molecule has 144 valence electrons. The molecular formula is C21H26IN3O2. The fourth-order valence-corrected chi connectivity index (χ4v) is 5.37.